The molecule has 0 spiro atoms. The highest BCUT2D eigenvalue weighted by molar-refractivity contribution is 9.10. The van der Waals surface area contributed by atoms with Gasteiger partial charge >= 0.3 is 0 Å². The normalized spacial score (nSPS) is 16.9. The van der Waals surface area contributed by atoms with Gasteiger partial charge in [-0.1, -0.05) is 35.0 Å². The van der Waals surface area contributed by atoms with Crippen LogP contribution >= 0.6 is 15.9 Å². The summed E-state index contributed by atoms with van der Waals surface area (Å²) in [7, 11) is 0. The predicted octanol–water partition coefficient (Wildman–Crippen LogP) is 2.53. The van der Waals surface area contributed by atoms with E-state index in [2.05, 4.69) is 62.5 Å². The standard InChI is InChI=1S/C15H19BrN4/c1-2-7-20-14(18-11-19-20)8-15(9-17-10-15)12-3-5-13(16)6-4-12/h3-6,11,17H,2,7-10H2,1H3. The van der Waals surface area contributed by atoms with Gasteiger partial charge in [0.1, 0.15) is 12.2 Å². The molecule has 1 aliphatic rings. The van der Waals surface area contributed by atoms with Crippen molar-refractivity contribution in [2.75, 3.05) is 13.1 Å². The molecule has 106 valence electrons. The molecule has 0 radical (unpaired) electrons. The van der Waals surface area contributed by atoms with Crippen molar-refractivity contribution in [2.45, 2.75) is 31.7 Å². The first-order valence-corrected chi connectivity index (χ1v) is 7.86. The van der Waals surface area contributed by atoms with Crippen LogP contribution in [0, 0.1) is 0 Å². The number of benzene rings is 1. The molecule has 1 saturated heterocycles. The van der Waals surface area contributed by atoms with E-state index in [1.807, 2.05) is 4.68 Å². The third kappa shape index (κ3) is 2.52. The molecule has 0 atom stereocenters. The largest absolute Gasteiger partial charge is 0.315 e. The molecular weight excluding hydrogens is 316 g/mol. The summed E-state index contributed by atoms with van der Waals surface area (Å²) in [5.74, 6) is 1.09. The van der Waals surface area contributed by atoms with E-state index in [-0.39, 0.29) is 5.41 Å². The Balaban J connectivity index is 1.86. The second-order valence-corrected chi connectivity index (χ2v) is 6.38. The average Bonchev–Trinajstić information content (AvgIpc) is 2.83. The van der Waals surface area contributed by atoms with E-state index < -0.39 is 0 Å². The highest BCUT2D eigenvalue weighted by atomic mass is 79.9. The molecule has 1 aromatic heterocycles. The van der Waals surface area contributed by atoms with Crippen LogP contribution in [0.15, 0.2) is 35.1 Å². The van der Waals surface area contributed by atoms with Gasteiger partial charge in [0.15, 0.2) is 0 Å². The fourth-order valence-electron chi connectivity index (χ4n) is 2.79. The molecule has 0 unspecified atom stereocenters. The lowest BCUT2D eigenvalue weighted by atomic mass is 9.72. The van der Waals surface area contributed by atoms with Crippen molar-refractivity contribution >= 4 is 15.9 Å². The predicted molar refractivity (Wildman–Crippen MR) is 82.7 cm³/mol. The second-order valence-electron chi connectivity index (χ2n) is 5.47. The number of aromatic nitrogens is 3. The molecule has 1 N–H and O–H groups in total. The molecule has 0 saturated carbocycles. The summed E-state index contributed by atoms with van der Waals surface area (Å²) in [6, 6.07) is 8.66. The number of nitrogens with zero attached hydrogens (tertiary/aromatic N) is 3. The van der Waals surface area contributed by atoms with Gasteiger partial charge in [-0.2, -0.15) is 5.10 Å². The molecular formula is C15H19BrN4. The van der Waals surface area contributed by atoms with Crippen LogP contribution in [0.25, 0.3) is 0 Å². The second kappa shape index (κ2) is 5.66. The number of aryl methyl sites for hydroxylation is 1. The maximum Gasteiger partial charge on any atom is 0.138 e. The third-order valence-electron chi connectivity index (χ3n) is 4.01. The van der Waals surface area contributed by atoms with E-state index in [1.54, 1.807) is 6.33 Å². The van der Waals surface area contributed by atoms with Crippen LogP contribution in [0.2, 0.25) is 0 Å². The zero-order valence-corrected chi connectivity index (χ0v) is 13.2. The Morgan fingerprint density at radius 3 is 2.65 bits per heavy atom. The Kier molecular flexibility index (Phi) is 3.89. The summed E-state index contributed by atoms with van der Waals surface area (Å²) in [6.45, 7) is 5.13. The first kappa shape index (κ1) is 13.8. The van der Waals surface area contributed by atoms with Gasteiger partial charge in [0, 0.05) is 35.9 Å². The van der Waals surface area contributed by atoms with Crippen molar-refractivity contribution < 1.29 is 0 Å². The van der Waals surface area contributed by atoms with Crippen molar-refractivity contribution in [3.8, 4) is 0 Å². The molecule has 2 aromatic rings. The molecule has 5 heteroatoms. The first-order valence-electron chi connectivity index (χ1n) is 7.07. The van der Waals surface area contributed by atoms with Crippen molar-refractivity contribution in [1.29, 1.82) is 0 Å². The van der Waals surface area contributed by atoms with Crippen LogP contribution in [0.1, 0.15) is 24.7 Å². The summed E-state index contributed by atoms with van der Waals surface area (Å²) in [5.41, 5.74) is 1.55. The fourth-order valence-corrected chi connectivity index (χ4v) is 3.05. The van der Waals surface area contributed by atoms with E-state index in [4.69, 9.17) is 0 Å². The number of halogens is 1. The quantitative estimate of drug-likeness (QED) is 0.913. The van der Waals surface area contributed by atoms with Crippen molar-refractivity contribution in [2.24, 2.45) is 0 Å². The van der Waals surface area contributed by atoms with Crippen molar-refractivity contribution in [1.82, 2.24) is 20.1 Å². The van der Waals surface area contributed by atoms with E-state index in [1.165, 1.54) is 5.56 Å². The van der Waals surface area contributed by atoms with Crippen molar-refractivity contribution in [3.05, 3.63) is 46.5 Å². The molecule has 4 nitrogen and oxygen atoms in total. The monoisotopic (exact) mass is 334 g/mol. The minimum atomic E-state index is 0.166. The molecule has 2 heterocycles. The van der Waals surface area contributed by atoms with E-state index in [9.17, 15) is 0 Å². The van der Waals surface area contributed by atoms with E-state index in [0.717, 1.165) is 42.8 Å². The van der Waals surface area contributed by atoms with Gasteiger partial charge in [0.25, 0.3) is 0 Å². The fraction of sp³-hybridized carbons (Fsp3) is 0.467. The SMILES string of the molecule is CCCn1ncnc1CC1(c2ccc(Br)cc2)CNC1. The number of nitrogens with one attached hydrogen (secondary N) is 1. The summed E-state index contributed by atoms with van der Waals surface area (Å²) >= 11 is 3.50. The number of rotatable bonds is 5. The van der Waals surface area contributed by atoms with Crippen LogP contribution in [0.5, 0.6) is 0 Å². The van der Waals surface area contributed by atoms with Crippen LogP contribution in [0.3, 0.4) is 0 Å². The Labute approximate surface area is 127 Å². The minimum absolute atomic E-state index is 0.166. The minimum Gasteiger partial charge on any atom is -0.315 e. The van der Waals surface area contributed by atoms with Crippen LogP contribution in [0.4, 0.5) is 0 Å². The van der Waals surface area contributed by atoms with E-state index >= 15 is 0 Å². The molecule has 3 rings (SSSR count). The topological polar surface area (TPSA) is 42.7 Å². The lowest BCUT2D eigenvalue weighted by Crippen LogP contribution is -2.58. The summed E-state index contributed by atoms with van der Waals surface area (Å²) in [5, 5.41) is 7.74. The van der Waals surface area contributed by atoms with Crippen LogP contribution in [-0.2, 0) is 18.4 Å². The number of hydrogen-bond acceptors (Lipinski definition) is 3. The van der Waals surface area contributed by atoms with Gasteiger partial charge in [-0.3, -0.25) is 4.68 Å². The zero-order chi connectivity index (χ0) is 14.0. The molecule has 0 amide bonds. The van der Waals surface area contributed by atoms with Gasteiger partial charge < -0.3 is 5.32 Å². The maximum atomic E-state index is 4.46. The van der Waals surface area contributed by atoms with Gasteiger partial charge in [0.2, 0.25) is 0 Å². The zero-order valence-electron chi connectivity index (χ0n) is 11.6. The van der Waals surface area contributed by atoms with Gasteiger partial charge in [0.05, 0.1) is 0 Å². The van der Waals surface area contributed by atoms with Gasteiger partial charge in [-0.05, 0) is 24.1 Å². The summed E-state index contributed by atoms with van der Waals surface area (Å²) in [6.07, 6.45) is 3.70. The Hall–Kier alpha value is -1.20. The summed E-state index contributed by atoms with van der Waals surface area (Å²) in [4.78, 5) is 4.46. The molecule has 0 aliphatic carbocycles. The molecule has 1 aromatic carbocycles. The highest BCUT2D eigenvalue weighted by Crippen LogP contribution is 2.32. The highest BCUT2D eigenvalue weighted by Gasteiger charge is 2.39. The Bertz CT molecular complexity index is 572. The Morgan fingerprint density at radius 1 is 1.30 bits per heavy atom. The molecule has 1 fully saturated rings. The molecule has 0 bridgehead atoms. The van der Waals surface area contributed by atoms with Gasteiger partial charge in [-0.15, -0.1) is 0 Å². The Morgan fingerprint density at radius 2 is 2.05 bits per heavy atom. The first-order chi connectivity index (χ1) is 9.73. The van der Waals surface area contributed by atoms with E-state index in [0.29, 0.717) is 0 Å². The maximum absolute atomic E-state index is 4.46. The lowest BCUT2D eigenvalue weighted by Gasteiger charge is -2.43. The number of hydrogen-bond donors (Lipinski definition) is 1. The average molecular weight is 335 g/mol. The van der Waals surface area contributed by atoms with Crippen LogP contribution in [-0.4, -0.2) is 27.9 Å². The third-order valence-corrected chi connectivity index (χ3v) is 4.54. The molecule has 1 aliphatic heterocycles. The van der Waals surface area contributed by atoms with Crippen LogP contribution < -0.4 is 5.32 Å². The summed E-state index contributed by atoms with van der Waals surface area (Å²) < 4.78 is 3.16. The lowest BCUT2D eigenvalue weighted by molar-refractivity contribution is 0.266. The smallest absolute Gasteiger partial charge is 0.138 e. The molecule has 20 heavy (non-hydrogen) atoms. The van der Waals surface area contributed by atoms with Gasteiger partial charge in [-0.25, -0.2) is 4.98 Å². The van der Waals surface area contributed by atoms with Crippen molar-refractivity contribution in [3.63, 3.8) is 0 Å².